The molecule has 0 aromatic carbocycles. The number of nitrogens with two attached hydrogens (primary N) is 1. The minimum absolute atomic E-state index is 0.0829. The van der Waals surface area contributed by atoms with E-state index in [0.29, 0.717) is 35.9 Å². The van der Waals surface area contributed by atoms with E-state index in [1.807, 2.05) is 0 Å². The van der Waals surface area contributed by atoms with Crippen LogP contribution in [0.5, 0.6) is 0 Å². The molecule has 1 aliphatic heterocycles. The van der Waals surface area contributed by atoms with Crippen LogP contribution < -0.4 is 16.0 Å². The molecule has 1 amide bonds. The molecule has 0 radical (unpaired) electrons. The lowest BCUT2D eigenvalue weighted by atomic mass is 10.3. The van der Waals surface area contributed by atoms with Gasteiger partial charge in [0.2, 0.25) is 0 Å². The van der Waals surface area contributed by atoms with Gasteiger partial charge in [-0.15, -0.1) is 0 Å². The summed E-state index contributed by atoms with van der Waals surface area (Å²) in [6.07, 6.45) is 2.19. The molecule has 2 atom stereocenters. The number of aromatic nitrogens is 1. The second kappa shape index (κ2) is 5.57. The van der Waals surface area contributed by atoms with E-state index in [0.717, 1.165) is 31.1 Å². The van der Waals surface area contributed by atoms with Gasteiger partial charge in [-0.2, -0.15) is 0 Å². The Morgan fingerprint density at radius 1 is 1.55 bits per heavy atom. The highest BCUT2D eigenvalue weighted by molar-refractivity contribution is 7.18. The van der Waals surface area contributed by atoms with Gasteiger partial charge in [-0.05, 0) is 12.3 Å². The van der Waals surface area contributed by atoms with Crippen LogP contribution in [-0.4, -0.2) is 43.2 Å². The van der Waals surface area contributed by atoms with Crippen molar-refractivity contribution >= 4 is 28.2 Å². The van der Waals surface area contributed by atoms with Gasteiger partial charge in [0.25, 0.3) is 5.91 Å². The summed E-state index contributed by atoms with van der Waals surface area (Å²) in [4.78, 5) is 19.2. The fourth-order valence-electron chi connectivity index (χ4n) is 2.48. The van der Waals surface area contributed by atoms with Crippen LogP contribution in [0.2, 0.25) is 0 Å². The molecule has 1 aromatic heterocycles. The molecule has 2 fully saturated rings. The van der Waals surface area contributed by atoms with Gasteiger partial charge in [0, 0.05) is 19.1 Å². The average molecular weight is 296 g/mol. The molecule has 2 heterocycles. The van der Waals surface area contributed by atoms with Crippen LogP contribution in [0.3, 0.4) is 0 Å². The van der Waals surface area contributed by atoms with Gasteiger partial charge >= 0.3 is 0 Å². The lowest BCUT2D eigenvalue weighted by molar-refractivity contribution is 0.0953. The molecule has 3 rings (SSSR count). The van der Waals surface area contributed by atoms with Crippen LogP contribution in [0.15, 0.2) is 0 Å². The van der Waals surface area contributed by atoms with E-state index in [9.17, 15) is 4.79 Å². The average Bonchev–Trinajstić information content (AvgIpc) is 3.10. The van der Waals surface area contributed by atoms with Crippen LogP contribution in [-0.2, 0) is 4.74 Å². The summed E-state index contributed by atoms with van der Waals surface area (Å²) in [6, 6.07) is 0.320. The summed E-state index contributed by atoms with van der Waals surface area (Å²) in [7, 11) is 0. The van der Waals surface area contributed by atoms with E-state index in [1.54, 1.807) is 0 Å². The number of nitrogens with one attached hydrogen (secondary N) is 1. The molecule has 20 heavy (non-hydrogen) atoms. The summed E-state index contributed by atoms with van der Waals surface area (Å²) in [5.74, 6) is 0.884. The van der Waals surface area contributed by atoms with E-state index in [2.05, 4.69) is 22.1 Å². The van der Waals surface area contributed by atoms with E-state index < -0.39 is 0 Å². The number of anilines is 2. The quantitative estimate of drug-likeness (QED) is 0.869. The number of carbonyl (C=O) groups is 1. The summed E-state index contributed by atoms with van der Waals surface area (Å²) in [6.45, 7) is 5.14. The molecule has 1 aliphatic carbocycles. The minimum Gasteiger partial charge on any atom is -0.382 e. The standard InChI is InChI=1S/C13H20N4O2S/c1-2-8-7-9(8)15-12(18)10-11(14)16-13(20-10)17-3-5-19-6-4-17/h8-9H,2-7,14H2,1H3,(H,15,18). The number of hydrogen-bond acceptors (Lipinski definition) is 6. The maximum atomic E-state index is 12.2. The zero-order chi connectivity index (χ0) is 14.1. The van der Waals surface area contributed by atoms with Gasteiger partial charge in [-0.1, -0.05) is 24.7 Å². The Labute approximate surface area is 122 Å². The Morgan fingerprint density at radius 3 is 2.95 bits per heavy atom. The number of rotatable bonds is 4. The Kier molecular flexibility index (Phi) is 3.80. The summed E-state index contributed by atoms with van der Waals surface area (Å²) in [5, 5.41) is 3.85. The largest absolute Gasteiger partial charge is 0.382 e. The maximum Gasteiger partial charge on any atom is 0.265 e. The lowest BCUT2D eigenvalue weighted by Gasteiger charge is -2.25. The van der Waals surface area contributed by atoms with E-state index in [4.69, 9.17) is 10.5 Å². The monoisotopic (exact) mass is 296 g/mol. The van der Waals surface area contributed by atoms with Crippen LogP contribution in [0.4, 0.5) is 10.9 Å². The Hall–Kier alpha value is -1.34. The van der Waals surface area contributed by atoms with Crippen LogP contribution in [0.25, 0.3) is 0 Å². The second-order valence-electron chi connectivity index (χ2n) is 5.29. The number of amides is 1. The fourth-order valence-corrected chi connectivity index (χ4v) is 3.42. The molecule has 110 valence electrons. The van der Waals surface area contributed by atoms with Gasteiger partial charge in [0.05, 0.1) is 13.2 Å². The molecule has 1 aromatic rings. The minimum atomic E-state index is -0.0829. The highest BCUT2D eigenvalue weighted by Crippen LogP contribution is 2.34. The highest BCUT2D eigenvalue weighted by atomic mass is 32.1. The fraction of sp³-hybridized carbons (Fsp3) is 0.692. The van der Waals surface area contributed by atoms with Gasteiger partial charge in [0.15, 0.2) is 5.13 Å². The number of morpholine rings is 1. The van der Waals surface area contributed by atoms with Crippen molar-refractivity contribution < 1.29 is 9.53 Å². The van der Waals surface area contributed by atoms with E-state index in [-0.39, 0.29) is 5.91 Å². The Morgan fingerprint density at radius 2 is 2.30 bits per heavy atom. The Bertz CT molecular complexity index is 499. The second-order valence-corrected chi connectivity index (χ2v) is 6.27. The van der Waals surface area contributed by atoms with Crippen LogP contribution in [0.1, 0.15) is 29.4 Å². The van der Waals surface area contributed by atoms with E-state index in [1.165, 1.54) is 11.3 Å². The van der Waals surface area contributed by atoms with Gasteiger partial charge in [-0.25, -0.2) is 4.98 Å². The molecule has 2 unspecified atom stereocenters. The smallest absolute Gasteiger partial charge is 0.265 e. The van der Waals surface area contributed by atoms with Crippen molar-refractivity contribution in [2.45, 2.75) is 25.8 Å². The summed E-state index contributed by atoms with van der Waals surface area (Å²) in [5.41, 5.74) is 5.89. The third-order valence-corrected chi connectivity index (χ3v) is 5.02. The third-order valence-electron chi connectivity index (χ3n) is 3.89. The molecular formula is C13H20N4O2S. The molecule has 0 spiro atoms. The molecular weight excluding hydrogens is 276 g/mol. The predicted octanol–water partition coefficient (Wildman–Crippen LogP) is 1.09. The lowest BCUT2D eigenvalue weighted by Crippen LogP contribution is -2.36. The van der Waals surface area contributed by atoms with Gasteiger partial charge < -0.3 is 20.7 Å². The molecule has 0 bridgehead atoms. The van der Waals surface area contributed by atoms with Crippen molar-refractivity contribution in [1.82, 2.24) is 10.3 Å². The first-order chi connectivity index (χ1) is 9.69. The summed E-state index contributed by atoms with van der Waals surface area (Å²) >= 11 is 1.37. The normalized spacial score (nSPS) is 25.6. The van der Waals surface area contributed by atoms with Gasteiger partial charge in [-0.3, -0.25) is 4.79 Å². The SMILES string of the molecule is CCC1CC1NC(=O)c1sc(N2CCOCC2)nc1N. The zero-order valence-electron chi connectivity index (χ0n) is 11.6. The molecule has 1 saturated carbocycles. The molecule has 2 aliphatic rings. The maximum absolute atomic E-state index is 12.2. The first kappa shape index (κ1) is 13.6. The van der Waals surface area contributed by atoms with Crippen LogP contribution in [0, 0.1) is 5.92 Å². The first-order valence-electron chi connectivity index (χ1n) is 7.09. The van der Waals surface area contributed by atoms with Gasteiger partial charge in [0.1, 0.15) is 10.7 Å². The van der Waals surface area contributed by atoms with Crippen molar-refractivity contribution in [1.29, 1.82) is 0 Å². The predicted molar refractivity (Wildman–Crippen MR) is 79.2 cm³/mol. The van der Waals surface area contributed by atoms with Crippen molar-refractivity contribution in [2.24, 2.45) is 5.92 Å². The Balaban J connectivity index is 1.67. The highest BCUT2D eigenvalue weighted by Gasteiger charge is 2.37. The zero-order valence-corrected chi connectivity index (χ0v) is 12.4. The third kappa shape index (κ3) is 2.73. The van der Waals surface area contributed by atoms with E-state index >= 15 is 0 Å². The number of nitrogens with zero attached hydrogens (tertiary/aromatic N) is 2. The summed E-state index contributed by atoms with van der Waals surface area (Å²) < 4.78 is 5.32. The number of hydrogen-bond donors (Lipinski definition) is 2. The van der Waals surface area contributed by atoms with Crippen LogP contribution >= 0.6 is 11.3 Å². The topological polar surface area (TPSA) is 80.5 Å². The number of thiazole rings is 1. The number of ether oxygens (including phenoxy) is 1. The molecule has 1 saturated heterocycles. The molecule has 7 heteroatoms. The van der Waals surface area contributed by atoms with Crippen molar-refractivity contribution in [3.8, 4) is 0 Å². The van der Waals surface area contributed by atoms with Crippen molar-refractivity contribution in [3.05, 3.63) is 4.88 Å². The number of carbonyl (C=O) groups excluding carboxylic acids is 1. The first-order valence-corrected chi connectivity index (χ1v) is 7.90. The molecule has 6 nitrogen and oxygen atoms in total. The van der Waals surface area contributed by atoms with Crippen molar-refractivity contribution in [3.63, 3.8) is 0 Å². The van der Waals surface area contributed by atoms with Crippen molar-refractivity contribution in [2.75, 3.05) is 36.9 Å². The number of nitrogen functional groups attached to an aromatic ring is 1. The molecule has 3 N–H and O–H groups in total.